The molecule has 1 unspecified atom stereocenters. The molecule has 7 nitrogen and oxygen atoms in total. The maximum Gasteiger partial charge on any atom is 0.227 e. The fourth-order valence-electron chi connectivity index (χ4n) is 1.58. The molecular formula is C8H15N3O4S. The standard InChI is InChI=1S/C8H15N3O4S/c9-7(11-13)4-8(12)10-5-6-2-1-3-16(6,14)15/h6,13H,1-5H2,(H2,9,11)(H,10,12). The predicted molar refractivity (Wildman–Crippen MR) is 57.8 cm³/mol. The van der Waals surface area contributed by atoms with Gasteiger partial charge in [-0.2, -0.15) is 0 Å². The summed E-state index contributed by atoms with van der Waals surface area (Å²) in [5.41, 5.74) is 5.13. The molecular weight excluding hydrogens is 234 g/mol. The first-order valence-electron chi connectivity index (χ1n) is 4.90. The lowest BCUT2D eigenvalue weighted by molar-refractivity contribution is -0.119. The zero-order valence-corrected chi connectivity index (χ0v) is 9.53. The largest absolute Gasteiger partial charge is 0.409 e. The topological polar surface area (TPSA) is 122 Å². The third-order valence-corrected chi connectivity index (χ3v) is 4.74. The van der Waals surface area contributed by atoms with Crippen LogP contribution >= 0.6 is 0 Å². The second-order valence-corrected chi connectivity index (χ2v) is 6.10. The summed E-state index contributed by atoms with van der Waals surface area (Å²) < 4.78 is 22.8. The van der Waals surface area contributed by atoms with Gasteiger partial charge in [-0.15, -0.1) is 0 Å². The van der Waals surface area contributed by atoms with E-state index >= 15 is 0 Å². The Bertz CT molecular complexity index is 390. The van der Waals surface area contributed by atoms with Crippen molar-refractivity contribution in [3.05, 3.63) is 0 Å². The third kappa shape index (κ3) is 3.37. The van der Waals surface area contributed by atoms with Gasteiger partial charge in [0.15, 0.2) is 9.84 Å². The van der Waals surface area contributed by atoms with E-state index in [2.05, 4.69) is 10.5 Å². The average Bonchev–Trinajstić information content (AvgIpc) is 2.54. The Kier molecular flexibility index (Phi) is 4.11. The number of carbonyl (C=O) groups excluding carboxylic acids is 1. The van der Waals surface area contributed by atoms with Crippen LogP contribution in [0.25, 0.3) is 0 Å². The molecule has 16 heavy (non-hydrogen) atoms. The van der Waals surface area contributed by atoms with Crippen molar-refractivity contribution in [2.24, 2.45) is 10.9 Å². The van der Waals surface area contributed by atoms with Crippen LogP contribution in [-0.4, -0.2) is 42.9 Å². The summed E-state index contributed by atoms with van der Waals surface area (Å²) in [6, 6.07) is 0. The molecule has 0 aromatic heterocycles. The van der Waals surface area contributed by atoms with Crippen LogP contribution in [0.5, 0.6) is 0 Å². The minimum absolute atomic E-state index is 0.0971. The van der Waals surface area contributed by atoms with Gasteiger partial charge in [-0.3, -0.25) is 4.79 Å². The third-order valence-electron chi connectivity index (χ3n) is 2.46. The molecule has 0 aromatic carbocycles. The number of nitrogens with two attached hydrogens (primary N) is 1. The van der Waals surface area contributed by atoms with E-state index < -0.39 is 21.0 Å². The van der Waals surface area contributed by atoms with Crippen LogP contribution in [0.1, 0.15) is 19.3 Å². The van der Waals surface area contributed by atoms with E-state index in [1.54, 1.807) is 0 Å². The number of amides is 1. The Hall–Kier alpha value is -1.31. The molecule has 1 amide bonds. The lowest BCUT2D eigenvalue weighted by Crippen LogP contribution is -2.36. The van der Waals surface area contributed by atoms with Crippen molar-refractivity contribution in [2.75, 3.05) is 12.3 Å². The number of hydrogen-bond donors (Lipinski definition) is 3. The molecule has 0 bridgehead atoms. The van der Waals surface area contributed by atoms with Crippen LogP contribution in [0.4, 0.5) is 0 Å². The van der Waals surface area contributed by atoms with Crippen molar-refractivity contribution in [2.45, 2.75) is 24.5 Å². The zero-order chi connectivity index (χ0) is 12.2. The average molecular weight is 249 g/mol. The van der Waals surface area contributed by atoms with Crippen LogP contribution < -0.4 is 11.1 Å². The van der Waals surface area contributed by atoms with Gasteiger partial charge in [0.1, 0.15) is 5.84 Å². The van der Waals surface area contributed by atoms with Crippen molar-refractivity contribution >= 4 is 21.6 Å². The van der Waals surface area contributed by atoms with Gasteiger partial charge in [-0.25, -0.2) is 8.42 Å². The molecule has 1 fully saturated rings. The highest BCUT2D eigenvalue weighted by Crippen LogP contribution is 2.18. The summed E-state index contributed by atoms with van der Waals surface area (Å²) >= 11 is 0. The molecule has 0 radical (unpaired) electrons. The van der Waals surface area contributed by atoms with Gasteiger partial charge in [-0.05, 0) is 12.8 Å². The van der Waals surface area contributed by atoms with E-state index in [4.69, 9.17) is 10.9 Å². The van der Waals surface area contributed by atoms with Gasteiger partial charge >= 0.3 is 0 Å². The molecule has 0 aromatic rings. The summed E-state index contributed by atoms with van der Waals surface area (Å²) in [6.07, 6.45) is 0.985. The second-order valence-electron chi connectivity index (χ2n) is 3.70. The van der Waals surface area contributed by atoms with Crippen molar-refractivity contribution < 1.29 is 18.4 Å². The molecule has 92 valence electrons. The van der Waals surface area contributed by atoms with Gasteiger partial charge in [-0.1, -0.05) is 5.16 Å². The van der Waals surface area contributed by atoms with Gasteiger partial charge in [0, 0.05) is 6.54 Å². The quantitative estimate of drug-likeness (QED) is 0.250. The van der Waals surface area contributed by atoms with E-state index in [0.29, 0.717) is 12.8 Å². The molecule has 0 aliphatic carbocycles. The number of hydrogen-bond acceptors (Lipinski definition) is 5. The highest BCUT2D eigenvalue weighted by Gasteiger charge is 2.31. The van der Waals surface area contributed by atoms with Crippen LogP contribution in [-0.2, 0) is 14.6 Å². The Balaban J connectivity index is 2.38. The van der Waals surface area contributed by atoms with Crippen LogP contribution in [0.3, 0.4) is 0 Å². The molecule has 0 saturated carbocycles. The van der Waals surface area contributed by atoms with Gasteiger partial charge in [0.05, 0.1) is 17.4 Å². The lowest BCUT2D eigenvalue weighted by atomic mass is 10.2. The van der Waals surface area contributed by atoms with Gasteiger partial charge in [0.25, 0.3) is 0 Å². The highest BCUT2D eigenvalue weighted by atomic mass is 32.2. The van der Waals surface area contributed by atoms with Crippen molar-refractivity contribution in [3.63, 3.8) is 0 Å². The van der Waals surface area contributed by atoms with E-state index in [1.165, 1.54) is 0 Å². The minimum Gasteiger partial charge on any atom is -0.409 e. The van der Waals surface area contributed by atoms with Crippen LogP contribution in [0.15, 0.2) is 5.16 Å². The van der Waals surface area contributed by atoms with Gasteiger partial charge < -0.3 is 16.3 Å². The summed E-state index contributed by atoms with van der Waals surface area (Å²) in [5.74, 6) is -0.461. The first kappa shape index (κ1) is 12.8. The van der Waals surface area contributed by atoms with Crippen molar-refractivity contribution in [3.8, 4) is 0 Å². The molecule has 1 rings (SSSR count). The van der Waals surface area contributed by atoms with E-state index in [9.17, 15) is 13.2 Å². The Morgan fingerprint density at radius 2 is 2.25 bits per heavy atom. The number of nitrogens with one attached hydrogen (secondary N) is 1. The molecule has 1 heterocycles. The van der Waals surface area contributed by atoms with Crippen molar-refractivity contribution in [1.82, 2.24) is 5.32 Å². The number of oxime groups is 1. The molecule has 1 saturated heterocycles. The van der Waals surface area contributed by atoms with E-state index in [1.807, 2.05) is 0 Å². The number of amidine groups is 1. The maximum absolute atomic E-state index is 11.4. The minimum atomic E-state index is -3.04. The summed E-state index contributed by atoms with van der Waals surface area (Å²) in [4.78, 5) is 11.2. The first-order valence-corrected chi connectivity index (χ1v) is 6.62. The summed E-state index contributed by atoms with van der Waals surface area (Å²) in [6.45, 7) is 0.0971. The Labute approximate surface area is 93.6 Å². The Morgan fingerprint density at radius 1 is 1.56 bits per heavy atom. The van der Waals surface area contributed by atoms with Crippen molar-refractivity contribution in [1.29, 1.82) is 0 Å². The monoisotopic (exact) mass is 249 g/mol. The fraction of sp³-hybridized carbons (Fsp3) is 0.750. The van der Waals surface area contributed by atoms with Crippen LogP contribution in [0.2, 0.25) is 0 Å². The van der Waals surface area contributed by atoms with Crippen LogP contribution in [0, 0.1) is 0 Å². The van der Waals surface area contributed by atoms with Gasteiger partial charge in [0.2, 0.25) is 5.91 Å². The molecule has 1 aliphatic rings. The first-order chi connectivity index (χ1) is 7.45. The fourth-order valence-corrected chi connectivity index (χ4v) is 3.34. The molecule has 1 atom stereocenters. The number of carbonyl (C=O) groups is 1. The normalized spacial score (nSPS) is 24.2. The molecule has 1 aliphatic heterocycles. The Morgan fingerprint density at radius 3 is 2.75 bits per heavy atom. The highest BCUT2D eigenvalue weighted by molar-refractivity contribution is 7.92. The SMILES string of the molecule is NC(CC(=O)NCC1CCCS1(=O)=O)=NO. The maximum atomic E-state index is 11.4. The lowest BCUT2D eigenvalue weighted by Gasteiger charge is -2.10. The smallest absolute Gasteiger partial charge is 0.227 e. The molecule has 0 spiro atoms. The number of sulfone groups is 1. The molecule has 8 heteroatoms. The predicted octanol–water partition coefficient (Wildman–Crippen LogP) is -1.18. The summed E-state index contributed by atoms with van der Waals surface area (Å²) in [5, 5.41) is 12.8. The zero-order valence-electron chi connectivity index (χ0n) is 8.72. The number of nitrogens with zero attached hydrogens (tertiary/aromatic N) is 1. The second kappa shape index (κ2) is 5.15. The van der Waals surface area contributed by atoms with E-state index in [0.717, 1.165) is 0 Å². The van der Waals surface area contributed by atoms with E-state index in [-0.39, 0.29) is 24.6 Å². The summed E-state index contributed by atoms with van der Waals surface area (Å²) in [7, 11) is -3.04. The number of rotatable bonds is 4. The molecule has 4 N–H and O–H groups in total.